The van der Waals surface area contributed by atoms with Crippen molar-refractivity contribution in [1.29, 1.82) is 0 Å². The summed E-state index contributed by atoms with van der Waals surface area (Å²) in [6, 6.07) is 10.0. The van der Waals surface area contributed by atoms with E-state index < -0.39 is 10.8 Å². The van der Waals surface area contributed by atoms with Gasteiger partial charge in [0.15, 0.2) is 0 Å². The number of hydrogen-bond donors (Lipinski definition) is 2. The first-order valence-corrected chi connectivity index (χ1v) is 8.43. The van der Waals surface area contributed by atoms with Crippen molar-refractivity contribution in [2.45, 2.75) is 6.42 Å². The molecular formula is C18H18ClN3O5. The lowest BCUT2D eigenvalue weighted by Gasteiger charge is -2.12. The lowest BCUT2D eigenvalue weighted by molar-refractivity contribution is -0.384. The minimum absolute atomic E-state index is 0.0545. The Morgan fingerprint density at radius 2 is 1.89 bits per heavy atom. The Balaban J connectivity index is 2.18. The summed E-state index contributed by atoms with van der Waals surface area (Å²) in [7, 11) is 1.58. The third-order valence-electron chi connectivity index (χ3n) is 3.64. The molecule has 0 aliphatic heterocycles. The quantitative estimate of drug-likeness (QED) is 0.407. The van der Waals surface area contributed by atoms with Gasteiger partial charge in [0.25, 0.3) is 17.5 Å². The smallest absolute Gasteiger partial charge is 0.270 e. The summed E-state index contributed by atoms with van der Waals surface area (Å²) >= 11 is 5.99. The summed E-state index contributed by atoms with van der Waals surface area (Å²) in [5.41, 5.74) is 0.231. The largest absolute Gasteiger partial charge is 0.385 e. The summed E-state index contributed by atoms with van der Waals surface area (Å²) in [5, 5.41) is 16.3. The van der Waals surface area contributed by atoms with Crippen LogP contribution in [0.2, 0.25) is 5.02 Å². The molecule has 0 aliphatic rings. The number of anilines is 1. The number of amides is 2. The van der Waals surface area contributed by atoms with E-state index in [2.05, 4.69) is 10.6 Å². The Morgan fingerprint density at radius 1 is 1.15 bits per heavy atom. The number of halogens is 1. The van der Waals surface area contributed by atoms with Gasteiger partial charge in [0.2, 0.25) is 0 Å². The Labute approximate surface area is 160 Å². The second-order valence-corrected chi connectivity index (χ2v) is 5.93. The van der Waals surface area contributed by atoms with Crippen LogP contribution in [-0.4, -0.2) is 37.0 Å². The zero-order chi connectivity index (χ0) is 19.8. The van der Waals surface area contributed by atoms with Gasteiger partial charge in [-0.3, -0.25) is 19.7 Å². The van der Waals surface area contributed by atoms with Gasteiger partial charge in [-0.1, -0.05) is 23.7 Å². The molecular weight excluding hydrogens is 374 g/mol. The minimum Gasteiger partial charge on any atom is -0.385 e. The van der Waals surface area contributed by atoms with E-state index in [1.807, 2.05) is 0 Å². The molecule has 2 aromatic carbocycles. The molecule has 2 rings (SSSR count). The number of nitro benzene ring substituents is 1. The summed E-state index contributed by atoms with van der Waals surface area (Å²) < 4.78 is 4.92. The first-order chi connectivity index (χ1) is 12.9. The molecule has 0 aromatic heterocycles. The molecule has 2 amide bonds. The van der Waals surface area contributed by atoms with Gasteiger partial charge in [0.1, 0.15) is 0 Å². The maximum absolute atomic E-state index is 12.5. The van der Waals surface area contributed by atoms with Crippen molar-refractivity contribution in [3.8, 4) is 0 Å². The van der Waals surface area contributed by atoms with Crippen LogP contribution in [0.25, 0.3) is 0 Å². The number of non-ortho nitro benzene ring substituents is 1. The number of methoxy groups -OCH3 is 1. The van der Waals surface area contributed by atoms with Crippen LogP contribution in [0.5, 0.6) is 0 Å². The first-order valence-electron chi connectivity index (χ1n) is 8.05. The molecule has 2 N–H and O–H groups in total. The number of carbonyl (C=O) groups excluding carboxylic acids is 2. The Morgan fingerprint density at radius 3 is 2.59 bits per heavy atom. The van der Waals surface area contributed by atoms with Crippen LogP contribution in [-0.2, 0) is 4.74 Å². The van der Waals surface area contributed by atoms with Crippen molar-refractivity contribution in [2.24, 2.45) is 0 Å². The highest BCUT2D eigenvalue weighted by Gasteiger charge is 2.18. The molecule has 8 nitrogen and oxygen atoms in total. The van der Waals surface area contributed by atoms with Gasteiger partial charge in [0, 0.05) is 32.4 Å². The van der Waals surface area contributed by atoms with Gasteiger partial charge >= 0.3 is 0 Å². The minimum atomic E-state index is -0.650. The predicted octanol–water partition coefficient (Wildman–Crippen LogP) is 3.27. The molecule has 0 spiro atoms. The number of nitrogens with one attached hydrogen (secondary N) is 2. The number of para-hydroxylation sites is 1. The molecule has 142 valence electrons. The number of ether oxygens (including phenoxy) is 1. The molecule has 0 bridgehead atoms. The van der Waals surface area contributed by atoms with E-state index in [0.29, 0.717) is 19.6 Å². The van der Waals surface area contributed by atoms with Crippen LogP contribution in [0.4, 0.5) is 11.4 Å². The third kappa shape index (κ3) is 5.50. The fraction of sp³-hybridized carbons (Fsp3) is 0.222. The van der Waals surface area contributed by atoms with E-state index >= 15 is 0 Å². The normalized spacial score (nSPS) is 10.3. The van der Waals surface area contributed by atoms with E-state index in [4.69, 9.17) is 16.3 Å². The molecule has 0 unspecified atom stereocenters. The molecule has 0 radical (unpaired) electrons. The standard InChI is InChI=1S/C18H18ClN3O5/c1-27-10-4-9-20-17(23)13-5-2-3-6-16(13)21-18(24)14-11-12(22(25)26)7-8-15(14)19/h2-3,5-8,11H,4,9-10H2,1H3,(H,20,23)(H,21,24). The molecule has 27 heavy (non-hydrogen) atoms. The van der Waals surface area contributed by atoms with Crippen molar-refractivity contribution in [2.75, 3.05) is 25.6 Å². The second-order valence-electron chi connectivity index (χ2n) is 5.52. The number of hydrogen-bond acceptors (Lipinski definition) is 5. The molecule has 0 saturated heterocycles. The molecule has 0 fully saturated rings. The van der Waals surface area contributed by atoms with Crippen LogP contribution in [0, 0.1) is 10.1 Å². The molecule has 9 heteroatoms. The summed E-state index contributed by atoms with van der Waals surface area (Å²) in [6.45, 7) is 0.940. The average molecular weight is 392 g/mol. The average Bonchev–Trinajstić information content (AvgIpc) is 2.65. The lowest BCUT2D eigenvalue weighted by Crippen LogP contribution is -2.26. The van der Waals surface area contributed by atoms with Crippen molar-refractivity contribution in [1.82, 2.24) is 5.32 Å². The number of rotatable bonds is 8. The SMILES string of the molecule is COCCCNC(=O)c1ccccc1NC(=O)c1cc([N+](=O)[O-])ccc1Cl. The van der Waals surface area contributed by atoms with Crippen LogP contribution < -0.4 is 10.6 Å². The highest BCUT2D eigenvalue weighted by molar-refractivity contribution is 6.34. The molecule has 0 aliphatic carbocycles. The summed E-state index contributed by atoms with van der Waals surface area (Å²) in [6.07, 6.45) is 0.653. The fourth-order valence-corrected chi connectivity index (χ4v) is 2.50. The number of nitro groups is 1. The molecule has 0 atom stereocenters. The van der Waals surface area contributed by atoms with Crippen molar-refractivity contribution in [3.05, 3.63) is 68.7 Å². The van der Waals surface area contributed by atoms with Gasteiger partial charge in [-0.25, -0.2) is 0 Å². The van der Waals surface area contributed by atoms with E-state index in [0.717, 1.165) is 6.07 Å². The maximum Gasteiger partial charge on any atom is 0.270 e. The van der Waals surface area contributed by atoms with E-state index in [-0.39, 0.29) is 33.4 Å². The van der Waals surface area contributed by atoms with Gasteiger partial charge < -0.3 is 15.4 Å². The van der Waals surface area contributed by atoms with E-state index in [9.17, 15) is 19.7 Å². The summed E-state index contributed by atoms with van der Waals surface area (Å²) in [5.74, 6) is -1.00. The third-order valence-corrected chi connectivity index (χ3v) is 3.97. The number of benzene rings is 2. The zero-order valence-electron chi connectivity index (χ0n) is 14.5. The van der Waals surface area contributed by atoms with Crippen molar-refractivity contribution < 1.29 is 19.2 Å². The van der Waals surface area contributed by atoms with Crippen LogP contribution in [0.1, 0.15) is 27.1 Å². The Kier molecular flexibility index (Phi) is 7.27. The number of carbonyl (C=O) groups is 2. The fourth-order valence-electron chi connectivity index (χ4n) is 2.29. The zero-order valence-corrected chi connectivity index (χ0v) is 15.3. The molecule has 0 heterocycles. The Hall–Kier alpha value is -2.97. The topological polar surface area (TPSA) is 111 Å². The monoisotopic (exact) mass is 391 g/mol. The van der Waals surface area contributed by atoms with Crippen LogP contribution >= 0.6 is 11.6 Å². The van der Waals surface area contributed by atoms with Crippen LogP contribution in [0.3, 0.4) is 0 Å². The van der Waals surface area contributed by atoms with Crippen molar-refractivity contribution in [3.63, 3.8) is 0 Å². The van der Waals surface area contributed by atoms with E-state index in [1.54, 1.807) is 31.4 Å². The Bertz CT molecular complexity index is 857. The van der Waals surface area contributed by atoms with Crippen LogP contribution in [0.15, 0.2) is 42.5 Å². The van der Waals surface area contributed by atoms with Gasteiger partial charge in [0.05, 0.1) is 26.8 Å². The number of nitrogens with zero attached hydrogens (tertiary/aromatic N) is 1. The van der Waals surface area contributed by atoms with E-state index in [1.165, 1.54) is 12.1 Å². The van der Waals surface area contributed by atoms with Gasteiger partial charge in [-0.2, -0.15) is 0 Å². The van der Waals surface area contributed by atoms with Gasteiger partial charge in [-0.15, -0.1) is 0 Å². The maximum atomic E-state index is 12.5. The lowest BCUT2D eigenvalue weighted by atomic mass is 10.1. The second kappa shape index (κ2) is 9.65. The van der Waals surface area contributed by atoms with Crippen molar-refractivity contribution >= 4 is 34.8 Å². The highest BCUT2D eigenvalue weighted by atomic mass is 35.5. The van der Waals surface area contributed by atoms with Gasteiger partial charge in [-0.05, 0) is 24.6 Å². The highest BCUT2D eigenvalue weighted by Crippen LogP contribution is 2.24. The molecule has 0 saturated carbocycles. The summed E-state index contributed by atoms with van der Waals surface area (Å²) in [4.78, 5) is 35.1. The predicted molar refractivity (Wildman–Crippen MR) is 101 cm³/mol. The first kappa shape index (κ1) is 20.3. The molecule has 2 aromatic rings.